The van der Waals surface area contributed by atoms with Gasteiger partial charge in [-0.2, -0.15) is 0 Å². The second-order valence-corrected chi connectivity index (χ2v) is 3.58. The zero-order chi connectivity index (χ0) is 11.5. The summed E-state index contributed by atoms with van der Waals surface area (Å²) < 4.78 is 13.4. The highest BCUT2D eigenvalue weighted by Crippen LogP contribution is 2.27. The maximum absolute atomic E-state index is 13.4. The van der Waals surface area contributed by atoms with Gasteiger partial charge in [0.15, 0.2) is 0 Å². The molecule has 3 N–H and O–H groups in total. The van der Waals surface area contributed by atoms with Gasteiger partial charge < -0.3 is 11.1 Å². The third-order valence-corrected chi connectivity index (χ3v) is 2.30. The fourth-order valence-electron chi connectivity index (χ4n) is 1.27. The van der Waals surface area contributed by atoms with Crippen LogP contribution in [0.4, 0.5) is 21.7 Å². The van der Waals surface area contributed by atoms with Crippen LogP contribution in [0, 0.1) is 5.82 Å². The molecule has 16 heavy (non-hydrogen) atoms. The molecule has 0 amide bonds. The second-order valence-electron chi connectivity index (χ2n) is 3.17. The van der Waals surface area contributed by atoms with E-state index in [1.54, 1.807) is 24.3 Å². The maximum atomic E-state index is 13.4. The molecule has 0 aliphatic carbocycles. The largest absolute Gasteiger partial charge is 0.384 e. The van der Waals surface area contributed by atoms with Gasteiger partial charge in [0.25, 0.3) is 0 Å². The summed E-state index contributed by atoms with van der Waals surface area (Å²) in [6, 6.07) is 9.50. The number of hydrogen-bond donors (Lipinski definition) is 2. The number of nitrogens with zero attached hydrogens (tertiary/aromatic N) is 1. The van der Waals surface area contributed by atoms with E-state index in [-0.39, 0.29) is 5.69 Å². The molecule has 2 rings (SSSR count). The SMILES string of the molecule is Nc1cccc(Nc2c(F)cccc2Cl)n1. The lowest BCUT2D eigenvalue weighted by Gasteiger charge is -2.08. The van der Waals surface area contributed by atoms with Crippen molar-refractivity contribution in [2.24, 2.45) is 0 Å². The summed E-state index contributed by atoms with van der Waals surface area (Å²) in [7, 11) is 0. The number of anilines is 3. The van der Waals surface area contributed by atoms with E-state index in [0.29, 0.717) is 16.7 Å². The highest BCUT2D eigenvalue weighted by Gasteiger charge is 2.07. The molecule has 0 atom stereocenters. The lowest BCUT2D eigenvalue weighted by Crippen LogP contribution is -1.99. The van der Waals surface area contributed by atoms with Gasteiger partial charge in [0.05, 0.1) is 10.7 Å². The number of hydrogen-bond acceptors (Lipinski definition) is 3. The molecule has 0 bridgehead atoms. The van der Waals surface area contributed by atoms with E-state index in [1.807, 2.05) is 0 Å². The molecule has 0 radical (unpaired) electrons. The van der Waals surface area contributed by atoms with Crippen molar-refractivity contribution in [3.63, 3.8) is 0 Å². The summed E-state index contributed by atoms with van der Waals surface area (Å²) in [4.78, 5) is 3.99. The zero-order valence-electron chi connectivity index (χ0n) is 8.24. The Morgan fingerprint density at radius 3 is 2.62 bits per heavy atom. The summed E-state index contributed by atoms with van der Waals surface area (Å²) in [5.41, 5.74) is 5.71. The van der Waals surface area contributed by atoms with Gasteiger partial charge >= 0.3 is 0 Å². The molecule has 1 heterocycles. The Morgan fingerprint density at radius 2 is 1.94 bits per heavy atom. The number of pyridine rings is 1. The van der Waals surface area contributed by atoms with E-state index < -0.39 is 5.82 Å². The van der Waals surface area contributed by atoms with Crippen LogP contribution in [0.25, 0.3) is 0 Å². The number of nitrogens with one attached hydrogen (secondary N) is 1. The van der Waals surface area contributed by atoms with Crippen LogP contribution in [-0.2, 0) is 0 Å². The Kier molecular flexibility index (Phi) is 2.92. The van der Waals surface area contributed by atoms with Crippen molar-refractivity contribution < 1.29 is 4.39 Å². The van der Waals surface area contributed by atoms with Gasteiger partial charge in [-0.3, -0.25) is 0 Å². The lowest BCUT2D eigenvalue weighted by atomic mass is 10.3. The number of nitrogens with two attached hydrogens (primary N) is 1. The van der Waals surface area contributed by atoms with E-state index >= 15 is 0 Å². The molecule has 0 aliphatic heterocycles. The van der Waals surface area contributed by atoms with Gasteiger partial charge in [0, 0.05) is 0 Å². The van der Waals surface area contributed by atoms with E-state index in [2.05, 4.69) is 10.3 Å². The molecule has 0 spiro atoms. The summed E-state index contributed by atoms with van der Waals surface area (Å²) in [6.07, 6.45) is 0. The van der Waals surface area contributed by atoms with E-state index in [1.165, 1.54) is 12.1 Å². The molecular formula is C11H9ClFN3. The topological polar surface area (TPSA) is 50.9 Å². The Morgan fingerprint density at radius 1 is 1.19 bits per heavy atom. The maximum Gasteiger partial charge on any atom is 0.148 e. The third-order valence-electron chi connectivity index (χ3n) is 1.99. The third kappa shape index (κ3) is 2.23. The number of para-hydroxylation sites is 1. The molecule has 0 aliphatic rings. The highest BCUT2D eigenvalue weighted by atomic mass is 35.5. The molecule has 0 unspecified atom stereocenters. The Bertz CT molecular complexity index is 496. The Labute approximate surface area is 97.1 Å². The normalized spacial score (nSPS) is 10.1. The summed E-state index contributed by atoms with van der Waals surface area (Å²) in [5, 5.41) is 3.08. The molecule has 0 saturated carbocycles. The van der Waals surface area contributed by atoms with Gasteiger partial charge in [0.1, 0.15) is 17.5 Å². The summed E-state index contributed by atoms with van der Waals surface area (Å²) >= 11 is 5.86. The summed E-state index contributed by atoms with van der Waals surface area (Å²) in [5.74, 6) is 0.376. The van der Waals surface area contributed by atoms with Gasteiger partial charge in [-0.15, -0.1) is 0 Å². The van der Waals surface area contributed by atoms with Crippen LogP contribution >= 0.6 is 11.6 Å². The standard InChI is InChI=1S/C11H9ClFN3/c12-7-3-1-4-8(13)11(7)16-10-6-2-5-9(14)15-10/h1-6H,(H3,14,15,16). The minimum Gasteiger partial charge on any atom is -0.384 e. The average Bonchev–Trinajstić information content (AvgIpc) is 2.24. The molecule has 1 aromatic carbocycles. The van der Waals surface area contributed by atoms with E-state index in [9.17, 15) is 4.39 Å². The van der Waals surface area contributed by atoms with Gasteiger partial charge in [-0.25, -0.2) is 9.37 Å². The molecule has 0 saturated heterocycles. The Balaban J connectivity index is 2.34. The fraction of sp³-hybridized carbons (Fsp3) is 0. The van der Waals surface area contributed by atoms with Gasteiger partial charge in [-0.1, -0.05) is 23.7 Å². The summed E-state index contributed by atoms with van der Waals surface area (Å²) in [6.45, 7) is 0. The van der Waals surface area contributed by atoms with Crippen molar-refractivity contribution in [3.05, 3.63) is 47.2 Å². The predicted molar refractivity (Wildman–Crippen MR) is 63.3 cm³/mol. The predicted octanol–water partition coefficient (Wildman–Crippen LogP) is 3.20. The van der Waals surface area contributed by atoms with Crippen molar-refractivity contribution in [1.82, 2.24) is 4.98 Å². The van der Waals surface area contributed by atoms with Crippen molar-refractivity contribution in [1.29, 1.82) is 0 Å². The molecule has 3 nitrogen and oxygen atoms in total. The molecule has 0 fully saturated rings. The number of aromatic nitrogens is 1. The van der Waals surface area contributed by atoms with Crippen molar-refractivity contribution in [2.75, 3.05) is 11.1 Å². The van der Waals surface area contributed by atoms with Crippen molar-refractivity contribution in [2.45, 2.75) is 0 Å². The first-order chi connectivity index (χ1) is 7.66. The minimum atomic E-state index is -0.434. The van der Waals surface area contributed by atoms with Crippen LogP contribution in [0.3, 0.4) is 0 Å². The molecule has 82 valence electrons. The van der Waals surface area contributed by atoms with Crippen LogP contribution in [0.5, 0.6) is 0 Å². The monoisotopic (exact) mass is 237 g/mol. The van der Waals surface area contributed by atoms with Crippen molar-refractivity contribution >= 4 is 28.9 Å². The lowest BCUT2D eigenvalue weighted by molar-refractivity contribution is 0.632. The van der Waals surface area contributed by atoms with Gasteiger partial charge in [0.2, 0.25) is 0 Å². The molecule has 2 aromatic rings. The minimum absolute atomic E-state index is 0.197. The number of halogens is 2. The second kappa shape index (κ2) is 4.37. The van der Waals surface area contributed by atoms with Crippen LogP contribution in [0.2, 0.25) is 5.02 Å². The number of benzene rings is 1. The first kappa shape index (κ1) is 10.7. The van der Waals surface area contributed by atoms with Crippen LogP contribution < -0.4 is 11.1 Å². The number of rotatable bonds is 2. The smallest absolute Gasteiger partial charge is 0.148 e. The highest BCUT2D eigenvalue weighted by molar-refractivity contribution is 6.33. The van der Waals surface area contributed by atoms with Crippen LogP contribution in [0.1, 0.15) is 0 Å². The first-order valence-electron chi connectivity index (χ1n) is 4.60. The first-order valence-corrected chi connectivity index (χ1v) is 4.98. The fourth-order valence-corrected chi connectivity index (χ4v) is 1.48. The van der Waals surface area contributed by atoms with Gasteiger partial charge in [-0.05, 0) is 24.3 Å². The van der Waals surface area contributed by atoms with E-state index in [4.69, 9.17) is 17.3 Å². The molecule has 5 heteroatoms. The van der Waals surface area contributed by atoms with Crippen molar-refractivity contribution in [3.8, 4) is 0 Å². The van der Waals surface area contributed by atoms with E-state index in [0.717, 1.165) is 0 Å². The zero-order valence-corrected chi connectivity index (χ0v) is 9.00. The van der Waals surface area contributed by atoms with Crippen LogP contribution in [-0.4, -0.2) is 4.98 Å². The van der Waals surface area contributed by atoms with Crippen LogP contribution in [0.15, 0.2) is 36.4 Å². The molecule has 1 aromatic heterocycles. The molecular weight excluding hydrogens is 229 g/mol. The number of nitrogen functional groups attached to an aromatic ring is 1. The average molecular weight is 238 g/mol. The Hall–Kier alpha value is -1.81. The quantitative estimate of drug-likeness (QED) is 0.843.